The minimum atomic E-state index is -0.238. The first kappa shape index (κ1) is 22.8. The van der Waals surface area contributed by atoms with Crippen molar-refractivity contribution in [2.24, 2.45) is 0 Å². The lowest BCUT2D eigenvalue weighted by atomic mass is 10.0. The number of rotatable bonds is 8. The number of thiocarbonyl (C=S) groups is 1. The van der Waals surface area contributed by atoms with E-state index in [0.29, 0.717) is 38.5 Å². The summed E-state index contributed by atoms with van der Waals surface area (Å²) in [7, 11) is 0. The van der Waals surface area contributed by atoms with Crippen LogP contribution in [-0.4, -0.2) is 47.2 Å². The van der Waals surface area contributed by atoms with E-state index in [0.717, 1.165) is 25.2 Å². The van der Waals surface area contributed by atoms with Crippen LogP contribution >= 0.6 is 35.6 Å². The number of nitrogens with zero attached hydrogens (tertiary/aromatic N) is 1. The summed E-state index contributed by atoms with van der Waals surface area (Å²) in [4.78, 5) is 27.2. The molecule has 30 heavy (non-hydrogen) atoms. The highest BCUT2D eigenvalue weighted by atomic mass is 35.5. The first-order chi connectivity index (χ1) is 14.4. The molecule has 2 amide bonds. The summed E-state index contributed by atoms with van der Waals surface area (Å²) in [6.45, 7) is 7.42. The summed E-state index contributed by atoms with van der Waals surface area (Å²) < 4.78 is 6.42. The largest absolute Gasteiger partial charge is 0.486 e. The molecule has 1 saturated heterocycles. The fourth-order valence-corrected chi connectivity index (χ4v) is 4.44. The predicted octanol–water partition coefficient (Wildman–Crippen LogP) is 3.79. The van der Waals surface area contributed by atoms with Gasteiger partial charge in [0.1, 0.15) is 16.2 Å². The van der Waals surface area contributed by atoms with Gasteiger partial charge in [-0.2, -0.15) is 0 Å². The van der Waals surface area contributed by atoms with Crippen LogP contribution in [-0.2, 0) is 9.53 Å². The van der Waals surface area contributed by atoms with Crippen LogP contribution in [0.15, 0.2) is 41.0 Å². The second-order valence-electron chi connectivity index (χ2n) is 6.82. The fourth-order valence-electron chi connectivity index (χ4n) is 3.21. The zero-order valence-electron chi connectivity index (χ0n) is 16.9. The van der Waals surface area contributed by atoms with E-state index in [4.69, 9.17) is 28.6 Å². The number of nitrogens with one attached hydrogen (secondary N) is 2. The summed E-state index contributed by atoms with van der Waals surface area (Å²) in [5.74, 6) is 0.200. The van der Waals surface area contributed by atoms with Crippen molar-refractivity contribution in [2.75, 3.05) is 26.2 Å². The molecule has 1 unspecified atom stereocenters. The van der Waals surface area contributed by atoms with Crippen LogP contribution in [0.3, 0.4) is 0 Å². The van der Waals surface area contributed by atoms with E-state index in [1.54, 1.807) is 18.2 Å². The molecule has 160 valence electrons. The zero-order valence-corrected chi connectivity index (χ0v) is 19.3. The molecule has 0 saturated carbocycles. The van der Waals surface area contributed by atoms with Crippen molar-refractivity contribution in [3.05, 3.63) is 57.2 Å². The third-order valence-electron chi connectivity index (χ3n) is 4.94. The lowest BCUT2D eigenvalue weighted by Crippen LogP contribution is -2.34. The number of carbonyl (C=O) groups excluding carboxylic acids is 2. The average molecular weight is 466 g/mol. The van der Waals surface area contributed by atoms with Gasteiger partial charge in [-0.1, -0.05) is 55.5 Å². The third-order valence-corrected chi connectivity index (χ3v) is 6.43. The third kappa shape index (κ3) is 5.63. The number of benzene rings is 1. The number of hydrogen-bond donors (Lipinski definition) is 2. The second-order valence-corrected chi connectivity index (χ2v) is 8.95. The van der Waals surface area contributed by atoms with Crippen LogP contribution < -0.4 is 10.6 Å². The predicted molar refractivity (Wildman–Crippen MR) is 125 cm³/mol. The van der Waals surface area contributed by atoms with Crippen LogP contribution in [0, 0.1) is 0 Å². The van der Waals surface area contributed by atoms with Crippen LogP contribution in [0.4, 0.5) is 0 Å². The number of thioether (sulfide) groups is 1. The van der Waals surface area contributed by atoms with E-state index < -0.39 is 0 Å². The minimum absolute atomic E-state index is 0.199. The van der Waals surface area contributed by atoms with Crippen molar-refractivity contribution in [2.45, 2.75) is 26.4 Å². The van der Waals surface area contributed by atoms with E-state index in [1.165, 1.54) is 11.8 Å². The van der Waals surface area contributed by atoms with E-state index in [9.17, 15) is 9.59 Å². The normalized spacial score (nSPS) is 19.8. The van der Waals surface area contributed by atoms with Crippen molar-refractivity contribution in [1.82, 2.24) is 15.5 Å². The molecule has 1 fully saturated rings. The quantitative estimate of drug-likeness (QED) is 0.449. The zero-order chi connectivity index (χ0) is 21.7. The number of allylic oxidation sites excluding steroid dienone is 1. The van der Waals surface area contributed by atoms with Gasteiger partial charge in [0.2, 0.25) is 0 Å². The maximum Gasteiger partial charge on any atom is 0.263 e. The van der Waals surface area contributed by atoms with Crippen molar-refractivity contribution >= 4 is 51.7 Å². The molecule has 1 aromatic rings. The molecule has 6 nitrogen and oxygen atoms in total. The summed E-state index contributed by atoms with van der Waals surface area (Å²) in [6.07, 6.45) is 4.01. The molecular weight excluding hydrogens is 442 g/mol. The summed E-state index contributed by atoms with van der Waals surface area (Å²) >= 11 is 12.5. The van der Waals surface area contributed by atoms with Gasteiger partial charge in [-0.05, 0) is 42.9 Å². The van der Waals surface area contributed by atoms with Gasteiger partial charge in [0, 0.05) is 19.5 Å². The Morgan fingerprint density at radius 3 is 2.87 bits per heavy atom. The number of amides is 2. The highest BCUT2D eigenvalue weighted by Gasteiger charge is 2.26. The highest BCUT2D eigenvalue weighted by Crippen LogP contribution is 2.35. The van der Waals surface area contributed by atoms with Gasteiger partial charge in [-0.15, -0.1) is 0 Å². The Morgan fingerprint density at radius 1 is 1.43 bits per heavy atom. The highest BCUT2D eigenvalue weighted by molar-refractivity contribution is 8.26. The van der Waals surface area contributed by atoms with Gasteiger partial charge < -0.3 is 20.3 Å². The molecular formula is C21H24ClN3O3S2. The molecule has 9 heteroatoms. The van der Waals surface area contributed by atoms with Crippen LogP contribution in [0.5, 0.6) is 0 Å². The molecule has 0 radical (unpaired) electrons. The lowest BCUT2D eigenvalue weighted by molar-refractivity contribution is -0.115. The first-order valence-electron chi connectivity index (χ1n) is 9.83. The summed E-state index contributed by atoms with van der Waals surface area (Å²) in [6, 6.07) is 5.35. The van der Waals surface area contributed by atoms with Crippen molar-refractivity contribution in [3.63, 3.8) is 0 Å². The Morgan fingerprint density at radius 2 is 2.20 bits per heavy atom. The number of halogens is 1. The van der Waals surface area contributed by atoms with Gasteiger partial charge in [0.25, 0.3) is 11.8 Å². The first-order valence-corrected chi connectivity index (χ1v) is 11.4. The molecule has 0 bridgehead atoms. The summed E-state index contributed by atoms with van der Waals surface area (Å²) in [5.41, 5.74) is 1.29. The Hall–Kier alpha value is -1.87. The lowest BCUT2D eigenvalue weighted by Gasteiger charge is -2.18. The van der Waals surface area contributed by atoms with E-state index >= 15 is 0 Å². The maximum absolute atomic E-state index is 12.6. The van der Waals surface area contributed by atoms with Gasteiger partial charge in [0.05, 0.1) is 15.5 Å². The molecule has 3 rings (SSSR count). The smallest absolute Gasteiger partial charge is 0.263 e. The molecule has 0 aromatic heterocycles. The van der Waals surface area contributed by atoms with Gasteiger partial charge in [-0.3, -0.25) is 9.59 Å². The molecule has 0 aliphatic carbocycles. The van der Waals surface area contributed by atoms with Crippen molar-refractivity contribution in [3.8, 4) is 0 Å². The molecule has 2 heterocycles. The van der Waals surface area contributed by atoms with Crippen LogP contribution in [0.25, 0.3) is 0 Å². The van der Waals surface area contributed by atoms with Crippen LogP contribution in [0.1, 0.15) is 42.3 Å². The molecule has 1 atom stereocenters. The molecule has 2 aliphatic rings. The number of carbonyl (C=O) groups is 2. The Balaban J connectivity index is 1.63. The monoisotopic (exact) mass is 465 g/mol. The Kier molecular flexibility index (Phi) is 7.93. The molecule has 0 spiro atoms. The van der Waals surface area contributed by atoms with E-state index in [-0.39, 0.29) is 17.9 Å². The van der Waals surface area contributed by atoms with E-state index in [1.807, 2.05) is 12.1 Å². The number of likely N-dealkylation sites (N-methyl/N-ethyl adjacent to an activating group) is 1. The van der Waals surface area contributed by atoms with Crippen molar-refractivity contribution in [1.29, 1.82) is 0 Å². The molecule has 2 N–H and O–H groups in total. The van der Waals surface area contributed by atoms with Gasteiger partial charge in [0.15, 0.2) is 0 Å². The Labute approximate surface area is 191 Å². The van der Waals surface area contributed by atoms with Crippen molar-refractivity contribution < 1.29 is 14.3 Å². The van der Waals surface area contributed by atoms with E-state index in [2.05, 4.69) is 29.4 Å². The van der Waals surface area contributed by atoms with Gasteiger partial charge >= 0.3 is 0 Å². The number of hydrogen-bond acceptors (Lipinski definition) is 6. The topological polar surface area (TPSA) is 70.7 Å². The SMILES string of the molecule is CCN(CC)CCNC(=O)c1cc(C2CC=C(/C=C3\SC(=S)NC3=O)O2)ccc1Cl. The molecule has 1 aromatic carbocycles. The number of ether oxygens (including phenoxy) is 1. The maximum atomic E-state index is 12.6. The second kappa shape index (κ2) is 10.4. The van der Waals surface area contributed by atoms with Crippen LogP contribution in [0.2, 0.25) is 5.02 Å². The fraction of sp³-hybridized carbons (Fsp3) is 0.381. The molecule has 2 aliphatic heterocycles. The average Bonchev–Trinajstić information content (AvgIpc) is 3.31. The minimum Gasteiger partial charge on any atom is -0.486 e. The van der Waals surface area contributed by atoms with Gasteiger partial charge in [-0.25, -0.2) is 0 Å². The summed E-state index contributed by atoms with van der Waals surface area (Å²) in [5, 5.41) is 5.92. The standard InChI is InChI=1S/C21H24ClN3O3S2/c1-3-25(4-2)10-9-23-19(26)15-11-13(5-7-16(15)22)17-8-6-14(28-17)12-18-20(27)24-21(29)30-18/h5-7,11-12,17H,3-4,8-10H2,1-2H3,(H,23,26)(H,24,27,29)/b18-12-. The Bertz CT molecular complexity index is 913.